The summed E-state index contributed by atoms with van der Waals surface area (Å²) in [6.45, 7) is 2.77. The van der Waals surface area contributed by atoms with Crippen LogP contribution in [0.25, 0.3) is 0 Å². The Kier molecular flexibility index (Phi) is 5.40. The molecule has 1 N–H and O–H groups in total. The van der Waals surface area contributed by atoms with Crippen LogP contribution < -0.4 is 5.32 Å². The van der Waals surface area contributed by atoms with Crippen molar-refractivity contribution in [2.75, 3.05) is 18.1 Å². The maximum absolute atomic E-state index is 12.3. The van der Waals surface area contributed by atoms with E-state index in [0.717, 1.165) is 6.54 Å². The van der Waals surface area contributed by atoms with Crippen LogP contribution in [0.5, 0.6) is 0 Å². The summed E-state index contributed by atoms with van der Waals surface area (Å²) < 4.78 is 46.9. The number of sulfone groups is 1. The third kappa shape index (κ3) is 3.84. The van der Waals surface area contributed by atoms with Crippen LogP contribution in [0.1, 0.15) is 6.92 Å². The van der Waals surface area contributed by atoms with Crippen molar-refractivity contribution < 1.29 is 17.2 Å². The van der Waals surface area contributed by atoms with Crippen LogP contribution in [-0.4, -0.2) is 32.2 Å². The second-order valence-corrected chi connectivity index (χ2v) is 6.95. The van der Waals surface area contributed by atoms with Gasteiger partial charge >= 0.3 is 5.76 Å². The van der Waals surface area contributed by atoms with Gasteiger partial charge in [0.1, 0.15) is 0 Å². The number of benzene rings is 1. The molecule has 0 saturated carbocycles. The molecular weight excluding hydrogens is 280 g/mol. The Bertz CT molecular complexity index is 474. The number of nitrogens with one attached hydrogen (secondary N) is 1. The van der Waals surface area contributed by atoms with Crippen LogP contribution in [0, 0.1) is 0 Å². The van der Waals surface area contributed by atoms with E-state index in [2.05, 4.69) is 5.32 Å². The van der Waals surface area contributed by atoms with E-state index < -0.39 is 15.6 Å². The molecule has 0 aliphatic heterocycles. The molecule has 1 aromatic carbocycles. The van der Waals surface area contributed by atoms with Crippen molar-refractivity contribution in [1.29, 1.82) is 0 Å². The average molecular weight is 295 g/mol. The first-order valence-electron chi connectivity index (χ1n) is 5.26. The minimum absolute atomic E-state index is 0.360. The first kappa shape index (κ1) is 15.2. The number of halogens is 2. The Hall–Kier alpha value is -0.820. The fraction of sp³-hybridized carbons (Fsp3) is 0.455. The van der Waals surface area contributed by atoms with Crippen molar-refractivity contribution in [3.8, 4) is 0 Å². The van der Waals surface area contributed by atoms with Crippen molar-refractivity contribution in [1.82, 2.24) is 0 Å². The highest BCUT2D eigenvalue weighted by atomic mass is 32.2. The Labute approximate surface area is 110 Å². The number of hydrogen-bond acceptors (Lipinski definition) is 4. The van der Waals surface area contributed by atoms with Gasteiger partial charge in [-0.1, -0.05) is 6.92 Å². The molecule has 0 saturated heterocycles. The summed E-state index contributed by atoms with van der Waals surface area (Å²) in [6.07, 6.45) is 1.99. The standard InChI is InChI=1S/C11H15F2NO2S2/c1-8(17-2)7-14-9-3-5-10(6-4-9)18(15,16)11(12)13/h3-6,8,11,14H,7H2,1-2H3. The van der Waals surface area contributed by atoms with Gasteiger partial charge < -0.3 is 5.32 Å². The number of alkyl halides is 2. The van der Waals surface area contributed by atoms with Gasteiger partial charge in [0.2, 0.25) is 9.84 Å². The molecule has 1 aromatic rings. The molecule has 0 aromatic heterocycles. The summed E-state index contributed by atoms with van der Waals surface area (Å²) in [5.41, 5.74) is 0.712. The van der Waals surface area contributed by atoms with Gasteiger partial charge in [-0.25, -0.2) is 8.42 Å². The zero-order valence-electron chi connectivity index (χ0n) is 10.1. The lowest BCUT2D eigenvalue weighted by Crippen LogP contribution is -2.13. The zero-order valence-corrected chi connectivity index (χ0v) is 11.7. The van der Waals surface area contributed by atoms with E-state index in [4.69, 9.17) is 0 Å². The van der Waals surface area contributed by atoms with Crippen molar-refractivity contribution >= 4 is 27.3 Å². The molecule has 1 rings (SSSR count). The lowest BCUT2D eigenvalue weighted by Gasteiger charge is -2.11. The van der Waals surface area contributed by atoms with E-state index in [1.165, 1.54) is 24.3 Å². The summed E-state index contributed by atoms with van der Waals surface area (Å²) in [7, 11) is -4.49. The maximum atomic E-state index is 12.3. The Morgan fingerprint density at radius 3 is 2.28 bits per heavy atom. The third-order valence-electron chi connectivity index (χ3n) is 2.41. The maximum Gasteiger partial charge on any atom is 0.341 e. The van der Waals surface area contributed by atoms with Crippen LogP contribution >= 0.6 is 11.8 Å². The van der Waals surface area contributed by atoms with Gasteiger partial charge in [0, 0.05) is 17.5 Å². The van der Waals surface area contributed by atoms with Crippen LogP contribution in [0.2, 0.25) is 0 Å². The quantitative estimate of drug-likeness (QED) is 0.876. The fourth-order valence-electron chi connectivity index (χ4n) is 1.21. The highest BCUT2D eigenvalue weighted by molar-refractivity contribution is 7.99. The zero-order chi connectivity index (χ0) is 13.8. The summed E-state index contributed by atoms with van der Waals surface area (Å²) in [5, 5.41) is 3.51. The molecule has 1 unspecified atom stereocenters. The van der Waals surface area contributed by atoms with Crippen molar-refractivity contribution in [3.05, 3.63) is 24.3 Å². The molecule has 0 spiro atoms. The van der Waals surface area contributed by atoms with Gasteiger partial charge in [-0.2, -0.15) is 20.5 Å². The van der Waals surface area contributed by atoms with E-state index in [1.807, 2.05) is 13.2 Å². The predicted octanol–water partition coefficient (Wildman–Crippen LogP) is 2.85. The predicted molar refractivity (Wildman–Crippen MR) is 71.1 cm³/mol. The monoisotopic (exact) mass is 295 g/mol. The number of hydrogen-bond donors (Lipinski definition) is 1. The second kappa shape index (κ2) is 6.38. The summed E-state index contributed by atoms with van der Waals surface area (Å²) >= 11 is 1.70. The third-order valence-corrected chi connectivity index (χ3v) is 4.78. The topological polar surface area (TPSA) is 46.2 Å². The minimum atomic E-state index is -4.49. The molecule has 0 aliphatic carbocycles. The number of anilines is 1. The van der Waals surface area contributed by atoms with Gasteiger partial charge in [-0.3, -0.25) is 0 Å². The molecule has 7 heteroatoms. The van der Waals surface area contributed by atoms with E-state index in [-0.39, 0.29) is 4.90 Å². The van der Waals surface area contributed by atoms with Crippen LogP contribution in [-0.2, 0) is 9.84 Å². The molecule has 3 nitrogen and oxygen atoms in total. The lowest BCUT2D eigenvalue weighted by atomic mass is 10.3. The Balaban J connectivity index is 2.75. The largest absolute Gasteiger partial charge is 0.384 e. The molecule has 0 aliphatic rings. The van der Waals surface area contributed by atoms with Crippen molar-refractivity contribution in [3.63, 3.8) is 0 Å². The number of thioether (sulfide) groups is 1. The van der Waals surface area contributed by atoms with Gasteiger partial charge in [0.05, 0.1) is 4.90 Å². The normalized spacial score (nSPS) is 13.6. The molecule has 0 heterocycles. The smallest absolute Gasteiger partial charge is 0.341 e. The van der Waals surface area contributed by atoms with Gasteiger partial charge in [-0.05, 0) is 30.5 Å². The minimum Gasteiger partial charge on any atom is -0.384 e. The number of rotatable bonds is 6. The van der Waals surface area contributed by atoms with Gasteiger partial charge in [-0.15, -0.1) is 0 Å². The van der Waals surface area contributed by atoms with E-state index in [0.29, 0.717) is 10.9 Å². The van der Waals surface area contributed by atoms with Crippen LogP contribution in [0.4, 0.5) is 14.5 Å². The summed E-state index contributed by atoms with van der Waals surface area (Å²) in [4.78, 5) is -0.360. The van der Waals surface area contributed by atoms with E-state index >= 15 is 0 Å². The van der Waals surface area contributed by atoms with Crippen molar-refractivity contribution in [2.45, 2.75) is 22.8 Å². The molecule has 0 bridgehead atoms. The Morgan fingerprint density at radius 1 is 1.28 bits per heavy atom. The highest BCUT2D eigenvalue weighted by Gasteiger charge is 2.26. The fourth-order valence-corrected chi connectivity index (χ4v) is 2.18. The average Bonchev–Trinajstić information content (AvgIpc) is 2.36. The summed E-state index contributed by atoms with van der Waals surface area (Å²) in [6, 6.07) is 5.35. The molecule has 0 amide bonds. The summed E-state index contributed by atoms with van der Waals surface area (Å²) in [5.74, 6) is -3.38. The first-order chi connectivity index (χ1) is 8.37. The first-order valence-corrected chi connectivity index (χ1v) is 8.10. The Morgan fingerprint density at radius 2 is 1.83 bits per heavy atom. The van der Waals surface area contributed by atoms with Crippen LogP contribution in [0.3, 0.4) is 0 Å². The lowest BCUT2D eigenvalue weighted by molar-refractivity contribution is 0.234. The molecular formula is C11H15F2NO2S2. The SMILES string of the molecule is CSC(C)CNc1ccc(S(=O)(=O)C(F)F)cc1. The van der Waals surface area contributed by atoms with Gasteiger partial charge in [0.25, 0.3) is 0 Å². The molecule has 0 fully saturated rings. The van der Waals surface area contributed by atoms with E-state index in [1.54, 1.807) is 11.8 Å². The molecule has 0 radical (unpaired) electrons. The van der Waals surface area contributed by atoms with Gasteiger partial charge in [0.15, 0.2) is 0 Å². The van der Waals surface area contributed by atoms with Crippen molar-refractivity contribution in [2.24, 2.45) is 0 Å². The molecule has 18 heavy (non-hydrogen) atoms. The molecule has 102 valence electrons. The highest BCUT2D eigenvalue weighted by Crippen LogP contribution is 2.20. The second-order valence-electron chi connectivity index (χ2n) is 3.76. The molecule has 1 atom stereocenters. The van der Waals surface area contributed by atoms with Crippen LogP contribution in [0.15, 0.2) is 29.2 Å². The van der Waals surface area contributed by atoms with E-state index in [9.17, 15) is 17.2 Å².